The van der Waals surface area contributed by atoms with E-state index in [4.69, 9.17) is 0 Å². The van der Waals surface area contributed by atoms with Crippen LogP contribution in [0.5, 0.6) is 0 Å². The molecule has 2 saturated heterocycles. The number of quaternary nitrogens is 1. The van der Waals surface area contributed by atoms with Crippen molar-refractivity contribution in [3.63, 3.8) is 0 Å². The van der Waals surface area contributed by atoms with Crippen LogP contribution in [0.15, 0.2) is 30.3 Å². The first-order chi connectivity index (χ1) is 6.89. The SMILES string of the molecule is c1ccc(C[N+]23CCSCC2C3)cc1. The van der Waals surface area contributed by atoms with E-state index in [1.807, 2.05) is 0 Å². The Bertz CT molecular complexity index is 324. The number of hydrogen-bond donors (Lipinski definition) is 0. The van der Waals surface area contributed by atoms with Gasteiger partial charge in [0, 0.05) is 11.3 Å². The van der Waals surface area contributed by atoms with Crippen LogP contribution in [0.3, 0.4) is 0 Å². The Labute approximate surface area is 89.7 Å². The molecule has 2 aliphatic heterocycles. The molecule has 2 unspecified atom stereocenters. The van der Waals surface area contributed by atoms with Gasteiger partial charge in [-0.15, -0.1) is 11.8 Å². The Hall–Kier alpha value is -0.470. The highest BCUT2D eigenvalue weighted by Crippen LogP contribution is 2.39. The zero-order valence-corrected chi connectivity index (χ0v) is 9.17. The van der Waals surface area contributed by atoms with Gasteiger partial charge in [0.25, 0.3) is 0 Å². The van der Waals surface area contributed by atoms with Crippen LogP contribution in [0, 0.1) is 0 Å². The molecule has 2 aliphatic rings. The zero-order chi connectivity index (χ0) is 9.43. The van der Waals surface area contributed by atoms with Crippen LogP contribution < -0.4 is 0 Å². The Morgan fingerprint density at radius 3 is 2.93 bits per heavy atom. The van der Waals surface area contributed by atoms with Crippen LogP contribution >= 0.6 is 11.8 Å². The third-order valence-electron chi connectivity index (χ3n) is 3.55. The fraction of sp³-hybridized carbons (Fsp3) is 0.500. The lowest BCUT2D eigenvalue weighted by Crippen LogP contribution is -2.34. The Kier molecular flexibility index (Phi) is 2.06. The third kappa shape index (κ3) is 1.47. The van der Waals surface area contributed by atoms with E-state index in [-0.39, 0.29) is 0 Å². The number of fused-ring (bicyclic) bond motifs is 1. The van der Waals surface area contributed by atoms with Crippen molar-refractivity contribution in [2.45, 2.75) is 12.6 Å². The molecule has 0 N–H and O–H groups in total. The molecule has 0 saturated carbocycles. The van der Waals surface area contributed by atoms with Crippen molar-refractivity contribution < 1.29 is 4.48 Å². The van der Waals surface area contributed by atoms with Gasteiger partial charge < -0.3 is 4.48 Å². The van der Waals surface area contributed by atoms with Crippen LogP contribution in [0.4, 0.5) is 0 Å². The van der Waals surface area contributed by atoms with Crippen LogP contribution in [0.25, 0.3) is 0 Å². The van der Waals surface area contributed by atoms with Gasteiger partial charge in [-0.25, -0.2) is 0 Å². The summed E-state index contributed by atoms with van der Waals surface area (Å²) in [6.07, 6.45) is 0. The van der Waals surface area contributed by atoms with Crippen molar-refractivity contribution in [1.29, 1.82) is 0 Å². The van der Waals surface area contributed by atoms with Gasteiger partial charge in [0.15, 0.2) is 0 Å². The molecule has 0 amide bonds. The molecular formula is C12H16NS+. The maximum atomic E-state index is 2.27. The van der Waals surface area contributed by atoms with Crippen LogP contribution in [-0.4, -0.2) is 35.1 Å². The monoisotopic (exact) mass is 206 g/mol. The van der Waals surface area contributed by atoms with Crippen molar-refractivity contribution >= 4 is 11.8 Å². The van der Waals surface area contributed by atoms with Gasteiger partial charge in [-0.3, -0.25) is 0 Å². The van der Waals surface area contributed by atoms with Crippen molar-refractivity contribution in [2.75, 3.05) is 24.6 Å². The van der Waals surface area contributed by atoms with Gasteiger partial charge >= 0.3 is 0 Å². The molecule has 14 heavy (non-hydrogen) atoms. The number of benzene rings is 1. The van der Waals surface area contributed by atoms with E-state index in [1.165, 1.54) is 41.2 Å². The quantitative estimate of drug-likeness (QED) is 0.528. The number of rotatable bonds is 2. The van der Waals surface area contributed by atoms with E-state index >= 15 is 0 Å². The van der Waals surface area contributed by atoms with E-state index in [1.54, 1.807) is 0 Å². The third-order valence-corrected chi connectivity index (χ3v) is 4.64. The maximum absolute atomic E-state index is 2.27. The molecule has 1 aromatic carbocycles. The summed E-state index contributed by atoms with van der Waals surface area (Å²) in [5.41, 5.74) is 1.52. The lowest BCUT2D eigenvalue weighted by atomic mass is 10.2. The molecule has 0 aromatic heterocycles. The van der Waals surface area contributed by atoms with E-state index in [0.717, 1.165) is 6.04 Å². The highest BCUT2D eigenvalue weighted by Gasteiger charge is 2.55. The van der Waals surface area contributed by atoms with Crippen molar-refractivity contribution in [3.05, 3.63) is 35.9 Å². The molecule has 2 atom stereocenters. The topological polar surface area (TPSA) is 0 Å². The van der Waals surface area contributed by atoms with Crippen LogP contribution in [0.2, 0.25) is 0 Å². The second-order valence-electron chi connectivity index (χ2n) is 4.50. The summed E-state index contributed by atoms with van der Waals surface area (Å²) in [4.78, 5) is 0. The molecule has 2 fully saturated rings. The van der Waals surface area contributed by atoms with Gasteiger partial charge in [0.05, 0.1) is 12.3 Å². The lowest BCUT2D eigenvalue weighted by molar-refractivity contribution is -0.824. The Balaban J connectivity index is 1.74. The molecular weight excluding hydrogens is 190 g/mol. The van der Waals surface area contributed by atoms with Crippen LogP contribution in [-0.2, 0) is 6.54 Å². The average Bonchev–Trinajstić information content (AvgIpc) is 2.93. The van der Waals surface area contributed by atoms with E-state index < -0.39 is 0 Å². The normalized spacial score (nSPS) is 35.0. The standard InChI is InChI=1S/C12H16NS/c1-2-4-11(5-3-1)8-13-6-7-14-10-12(13)9-13/h1-5,12H,6-10H2/q+1. The molecule has 1 nitrogen and oxygen atoms in total. The fourth-order valence-corrected chi connectivity index (χ4v) is 3.90. The summed E-state index contributed by atoms with van der Waals surface area (Å²) >= 11 is 2.14. The summed E-state index contributed by atoms with van der Waals surface area (Å²) in [5.74, 6) is 2.76. The minimum Gasteiger partial charge on any atom is -0.306 e. The second-order valence-corrected chi connectivity index (χ2v) is 5.65. The first kappa shape index (κ1) is 8.81. The number of nitrogens with zero attached hydrogens (tertiary/aromatic N) is 1. The van der Waals surface area contributed by atoms with Gasteiger partial charge in [-0.1, -0.05) is 30.3 Å². The smallest absolute Gasteiger partial charge is 0.148 e. The first-order valence-corrected chi connectivity index (χ1v) is 6.52. The summed E-state index contributed by atoms with van der Waals surface area (Å²) in [6.45, 7) is 4.10. The van der Waals surface area contributed by atoms with Crippen LogP contribution in [0.1, 0.15) is 5.56 Å². The predicted molar refractivity (Wildman–Crippen MR) is 61.3 cm³/mol. The Morgan fingerprint density at radius 2 is 2.14 bits per heavy atom. The highest BCUT2D eigenvalue weighted by molar-refractivity contribution is 7.99. The van der Waals surface area contributed by atoms with Gasteiger partial charge in [0.2, 0.25) is 0 Å². The van der Waals surface area contributed by atoms with Crippen molar-refractivity contribution in [3.8, 4) is 0 Å². The summed E-state index contributed by atoms with van der Waals surface area (Å²) in [7, 11) is 0. The summed E-state index contributed by atoms with van der Waals surface area (Å²) in [6, 6.07) is 11.9. The van der Waals surface area contributed by atoms with E-state index in [2.05, 4.69) is 42.1 Å². The molecule has 2 heteroatoms. The Morgan fingerprint density at radius 1 is 1.29 bits per heavy atom. The van der Waals surface area contributed by atoms with E-state index in [9.17, 15) is 0 Å². The molecule has 0 bridgehead atoms. The largest absolute Gasteiger partial charge is 0.306 e. The molecule has 0 spiro atoms. The predicted octanol–water partition coefficient (Wildman–Crippen LogP) is 2.13. The number of hydrogen-bond acceptors (Lipinski definition) is 1. The van der Waals surface area contributed by atoms with Crippen molar-refractivity contribution in [2.24, 2.45) is 0 Å². The molecule has 3 rings (SSSR count). The summed E-state index contributed by atoms with van der Waals surface area (Å²) < 4.78 is 1.39. The summed E-state index contributed by atoms with van der Waals surface area (Å²) in [5, 5.41) is 0. The highest BCUT2D eigenvalue weighted by atomic mass is 32.2. The molecule has 0 aliphatic carbocycles. The second kappa shape index (κ2) is 3.28. The molecule has 74 valence electrons. The minimum absolute atomic E-state index is 0.981. The van der Waals surface area contributed by atoms with Gasteiger partial charge in [-0.05, 0) is 0 Å². The lowest BCUT2D eigenvalue weighted by Gasteiger charge is -2.24. The van der Waals surface area contributed by atoms with Gasteiger partial charge in [0.1, 0.15) is 19.1 Å². The zero-order valence-electron chi connectivity index (χ0n) is 8.36. The molecule has 2 heterocycles. The average molecular weight is 206 g/mol. The first-order valence-electron chi connectivity index (χ1n) is 5.36. The number of thioether (sulfide) groups is 1. The van der Waals surface area contributed by atoms with Gasteiger partial charge in [-0.2, -0.15) is 0 Å². The van der Waals surface area contributed by atoms with E-state index in [0.29, 0.717) is 0 Å². The van der Waals surface area contributed by atoms with Crippen molar-refractivity contribution in [1.82, 2.24) is 0 Å². The minimum atomic E-state index is 0.981. The maximum Gasteiger partial charge on any atom is 0.148 e. The fourth-order valence-electron chi connectivity index (χ4n) is 2.54. The molecule has 0 radical (unpaired) electrons. The molecule has 1 aromatic rings.